The van der Waals surface area contributed by atoms with Gasteiger partial charge in [0.1, 0.15) is 26.4 Å². The molecule has 2 N–H and O–H groups in total. The van der Waals surface area contributed by atoms with Crippen molar-refractivity contribution >= 4 is 24.1 Å². The van der Waals surface area contributed by atoms with Crippen LogP contribution in [0.15, 0.2) is 24.3 Å². The highest BCUT2D eigenvalue weighted by molar-refractivity contribution is 5.87. The van der Waals surface area contributed by atoms with E-state index < -0.39 is 24.1 Å². The van der Waals surface area contributed by atoms with E-state index in [4.69, 9.17) is 28.4 Å². The Kier molecular flexibility index (Phi) is 67.4. The Morgan fingerprint density at radius 3 is 1.29 bits per heavy atom. The van der Waals surface area contributed by atoms with Gasteiger partial charge in [-0.1, -0.05) is 80.0 Å². The van der Waals surface area contributed by atoms with Crippen molar-refractivity contribution in [3.05, 3.63) is 24.3 Å². The molecule has 2 amide bonds. The van der Waals surface area contributed by atoms with Gasteiger partial charge in [0.25, 0.3) is 0 Å². The van der Waals surface area contributed by atoms with Gasteiger partial charge in [-0.2, -0.15) is 0 Å². The molecule has 0 rings (SSSR count). The number of ether oxygens (including phenoxy) is 6. The molecule has 0 aromatic heterocycles. The van der Waals surface area contributed by atoms with Crippen molar-refractivity contribution in [2.45, 2.75) is 93.7 Å². The van der Waals surface area contributed by atoms with Gasteiger partial charge in [0.05, 0.1) is 39.0 Å². The fourth-order valence-corrected chi connectivity index (χ4v) is 1.82. The molecule has 0 aliphatic rings. The fourth-order valence-electron chi connectivity index (χ4n) is 1.82. The fraction of sp³-hybridized carbons (Fsp3) is 0.733. The van der Waals surface area contributed by atoms with Gasteiger partial charge in [-0.25, -0.2) is 19.2 Å². The van der Waals surface area contributed by atoms with Crippen LogP contribution in [-0.2, 0) is 38.0 Å². The first-order valence-corrected chi connectivity index (χ1v) is 10.3. The summed E-state index contributed by atoms with van der Waals surface area (Å²) in [4.78, 5) is 45.2. The number of alkyl carbamates (subject to hydrolysis) is 2. The highest BCUT2D eigenvalue weighted by Gasteiger charge is 2.07. The average Bonchev–Trinajstić information content (AvgIpc) is 2.76. The molecule has 1 atom stereocenters. The molecule has 0 aromatic carbocycles. The van der Waals surface area contributed by atoms with Crippen LogP contribution in [0.25, 0.3) is 0 Å². The number of amides is 2. The van der Waals surface area contributed by atoms with Gasteiger partial charge in [-0.05, 0) is 20.8 Å². The van der Waals surface area contributed by atoms with Gasteiger partial charge in [0.2, 0.25) is 0 Å². The third-order valence-corrected chi connectivity index (χ3v) is 3.44. The van der Waals surface area contributed by atoms with Crippen molar-refractivity contribution in [2.75, 3.05) is 59.3 Å². The molecule has 0 saturated carbocycles. The van der Waals surface area contributed by atoms with E-state index >= 15 is 0 Å². The molecule has 260 valence electrons. The second kappa shape index (κ2) is 42.3. The summed E-state index contributed by atoms with van der Waals surface area (Å²) in [5, 5.41) is 4.85. The molecule has 1 unspecified atom stereocenters. The molecule has 42 heavy (non-hydrogen) atoms. The predicted molar refractivity (Wildman–Crippen MR) is 177 cm³/mol. The third-order valence-electron chi connectivity index (χ3n) is 3.44. The van der Waals surface area contributed by atoms with E-state index in [-0.39, 0.29) is 143 Å². The van der Waals surface area contributed by atoms with Crippen LogP contribution in [-0.4, -0.2) is 89.6 Å². The smallest absolute Gasteiger partial charge is 0.407 e. The van der Waals surface area contributed by atoms with Crippen LogP contribution in [0.3, 0.4) is 0 Å². The highest BCUT2D eigenvalue weighted by atomic mass is 16.6. The van der Waals surface area contributed by atoms with Gasteiger partial charge in [-0.3, -0.25) is 0 Å². The van der Waals surface area contributed by atoms with Crippen LogP contribution in [0.1, 0.15) is 87.6 Å². The van der Waals surface area contributed by atoms with E-state index in [1.54, 1.807) is 6.92 Å². The lowest BCUT2D eigenvalue weighted by atomic mass is 10.4. The summed E-state index contributed by atoms with van der Waals surface area (Å²) in [5.41, 5.74) is 0.559. The number of esters is 2. The molecule has 0 aromatic rings. The summed E-state index contributed by atoms with van der Waals surface area (Å²) in [6.07, 6.45) is -1.58. The summed E-state index contributed by atoms with van der Waals surface area (Å²) in [6, 6.07) is 0. The Morgan fingerprint density at radius 2 is 0.929 bits per heavy atom. The standard InChI is InChI=1S/C21H34N2O10.9CH4/c1-15(2)18(24)30-8-6-22-20(26)32-11-10-28-14-17(5)29-12-13-33-21(27)23-7-9-31-19(25)16(3)4;;;;;;;;;/h17H,1,3,6-14H2,2,4-5H3,(H,22,26)(H,23,27);9*1H4. The molecule has 0 spiro atoms. The second-order valence-corrected chi connectivity index (χ2v) is 6.71. The predicted octanol–water partition coefficient (Wildman–Crippen LogP) is 6.82. The van der Waals surface area contributed by atoms with Crippen molar-refractivity contribution in [1.29, 1.82) is 0 Å². The first kappa shape index (κ1) is 66.9. The van der Waals surface area contributed by atoms with Crippen LogP contribution in [0.4, 0.5) is 9.59 Å². The Balaban J connectivity index is -0.000000142. The molecule has 0 saturated heterocycles. The number of nitrogens with one attached hydrogen (secondary N) is 2. The maximum Gasteiger partial charge on any atom is 0.407 e. The molecular weight excluding hydrogens is 548 g/mol. The molecule has 0 bridgehead atoms. The maximum atomic E-state index is 11.5. The van der Waals surface area contributed by atoms with Gasteiger partial charge < -0.3 is 39.1 Å². The third kappa shape index (κ3) is 41.4. The molecule has 0 heterocycles. The lowest BCUT2D eigenvalue weighted by Crippen LogP contribution is -2.30. The van der Waals surface area contributed by atoms with Crippen LogP contribution in [0, 0.1) is 0 Å². The molecular formula is C30H70N2O10. The molecule has 0 aliphatic carbocycles. The van der Waals surface area contributed by atoms with Crippen LogP contribution in [0.2, 0.25) is 0 Å². The molecule has 0 aliphatic heterocycles. The van der Waals surface area contributed by atoms with Crippen molar-refractivity contribution in [3.8, 4) is 0 Å². The quantitative estimate of drug-likeness (QED) is 0.0769. The van der Waals surface area contributed by atoms with Gasteiger partial charge in [-0.15, -0.1) is 0 Å². The van der Waals surface area contributed by atoms with Crippen molar-refractivity contribution in [3.63, 3.8) is 0 Å². The van der Waals surface area contributed by atoms with Crippen LogP contribution >= 0.6 is 0 Å². The molecule has 12 nitrogen and oxygen atoms in total. The van der Waals surface area contributed by atoms with E-state index in [1.807, 2.05) is 0 Å². The number of carbonyl (C=O) groups is 4. The normalized spacial score (nSPS) is 8.64. The minimum absolute atomic E-state index is 0. The first-order valence-electron chi connectivity index (χ1n) is 10.3. The number of hydrogen-bond acceptors (Lipinski definition) is 10. The zero-order valence-electron chi connectivity index (χ0n) is 19.4. The summed E-state index contributed by atoms with van der Waals surface area (Å²) in [7, 11) is 0. The highest BCUT2D eigenvalue weighted by Crippen LogP contribution is 1.94. The summed E-state index contributed by atoms with van der Waals surface area (Å²) in [6.45, 7) is 12.6. The topological polar surface area (TPSA) is 148 Å². The molecule has 12 heteroatoms. The molecule has 0 radical (unpaired) electrons. The Bertz CT molecular complexity index is 670. The maximum absolute atomic E-state index is 11.5. The lowest BCUT2D eigenvalue weighted by molar-refractivity contribution is -0.139. The van der Waals surface area contributed by atoms with E-state index in [2.05, 4.69) is 23.8 Å². The summed E-state index contributed by atoms with van der Waals surface area (Å²) >= 11 is 0. The first-order chi connectivity index (χ1) is 15.6. The van der Waals surface area contributed by atoms with Crippen LogP contribution in [0.5, 0.6) is 0 Å². The second-order valence-electron chi connectivity index (χ2n) is 6.71. The lowest BCUT2D eigenvalue weighted by Gasteiger charge is -2.14. The SMILES string of the molecule is C.C.C.C.C.C.C.C.C.C=C(C)C(=O)OCCNC(=O)OCCOCC(C)OCCOC(=O)NCCOC(=O)C(=C)C. The van der Waals surface area contributed by atoms with Crippen molar-refractivity contribution in [2.24, 2.45) is 0 Å². The van der Waals surface area contributed by atoms with E-state index in [1.165, 1.54) is 13.8 Å². The van der Waals surface area contributed by atoms with E-state index in [0.29, 0.717) is 0 Å². The molecule has 0 fully saturated rings. The largest absolute Gasteiger partial charge is 0.460 e. The Hall–Kier alpha value is -3.12. The van der Waals surface area contributed by atoms with Crippen molar-refractivity contribution < 1.29 is 47.6 Å². The zero-order chi connectivity index (χ0) is 25.1. The Labute approximate surface area is 259 Å². The van der Waals surface area contributed by atoms with Gasteiger partial charge in [0, 0.05) is 11.1 Å². The monoisotopic (exact) mass is 619 g/mol. The van der Waals surface area contributed by atoms with E-state index in [9.17, 15) is 19.2 Å². The number of carbonyl (C=O) groups excluding carboxylic acids is 4. The zero-order valence-corrected chi connectivity index (χ0v) is 19.4. The van der Waals surface area contributed by atoms with Crippen LogP contribution < -0.4 is 10.6 Å². The minimum atomic E-state index is -0.654. The van der Waals surface area contributed by atoms with Crippen molar-refractivity contribution in [1.82, 2.24) is 10.6 Å². The summed E-state index contributed by atoms with van der Waals surface area (Å²) < 4.78 is 30.2. The van der Waals surface area contributed by atoms with Gasteiger partial charge in [0.15, 0.2) is 0 Å². The minimum Gasteiger partial charge on any atom is -0.460 e. The van der Waals surface area contributed by atoms with Gasteiger partial charge >= 0.3 is 24.1 Å². The summed E-state index contributed by atoms with van der Waals surface area (Å²) in [5.74, 6) is -1.05. The number of hydrogen-bond donors (Lipinski definition) is 2. The average molecular weight is 619 g/mol. The number of rotatable bonds is 17. The van der Waals surface area contributed by atoms with E-state index in [0.717, 1.165) is 0 Å². The Morgan fingerprint density at radius 1 is 0.571 bits per heavy atom.